The first-order chi connectivity index (χ1) is 7.56. The second-order valence-electron chi connectivity index (χ2n) is 4.73. The van der Waals surface area contributed by atoms with Gasteiger partial charge in [0.1, 0.15) is 5.54 Å². The third kappa shape index (κ3) is 6.11. The summed E-state index contributed by atoms with van der Waals surface area (Å²) < 4.78 is 0. The van der Waals surface area contributed by atoms with E-state index in [1.54, 1.807) is 6.92 Å². The molecule has 0 aliphatic heterocycles. The summed E-state index contributed by atoms with van der Waals surface area (Å²) in [5, 5.41) is 12.3. The molecule has 0 bridgehead atoms. The maximum absolute atomic E-state index is 11.1. The molecule has 3 heteroatoms. The van der Waals surface area contributed by atoms with Gasteiger partial charge in [-0.2, -0.15) is 0 Å². The summed E-state index contributed by atoms with van der Waals surface area (Å²) in [5.41, 5.74) is -0.737. The van der Waals surface area contributed by atoms with Gasteiger partial charge in [0.2, 0.25) is 0 Å². The topological polar surface area (TPSA) is 49.3 Å². The highest BCUT2D eigenvalue weighted by Crippen LogP contribution is 2.13. The van der Waals surface area contributed by atoms with E-state index in [0.717, 1.165) is 19.4 Å². The molecular formula is C13H27NO2. The minimum absolute atomic E-state index is 0.692. The summed E-state index contributed by atoms with van der Waals surface area (Å²) in [4.78, 5) is 11.1. The van der Waals surface area contributed by atoms with E-state index < -0.39 is 11.5 Å². The van der Waals surface area contributed by atoms with Crippen LogP contribution >= 0.6 is 0 Å². The molecule has 0 rings (SSSR count). The molecule has 0 radical (unpaired) electrons. The number of nitrogens with one attached hydrogen (secondary N) is 1. The fourth-order valence-corrected chi connectivity index (χ4v) is 1.86. The van der Waals surface area contributed by atoms with Crippen molar-refractivity contribution in [2.45, 2.75) is 71.3 Å². The Morgan fingerprint density at radius 2 is 1.75 bits per heavy atom. The molecule has 0 heterocycles. The maximum Gasteiger partial charge on any atom is 0.323 e. The Kier molecular flexibility index (Phi) is 8.26. The second-order valence-corrected chi connectivity index (χ2v) is 4.73. The zero-order valence-electron chi connectivity index (χ0n) is 11.0. The number of hydrogen-bond acceptors (Lipinski definition) is 2. The van der Waals surface area contributed by atoms with E-state index in [0.29, 0.717) is 6.42 Å². The van der Waals surface area contributed by atoms with Crippen LogP contribution in [0.4, 0.5) is 0 Å². The van der Waals surface area contributed by atoms with Crippen LogP contribution in [0.3, 0.4) is 0 Å². The van der Waals surface area contributed by atoms with E-state index in [4.69, 9.17) is 5.11 Å². The van der Waals surface area contributed by atoms with Gasteiger partial charge in [0.25, 0.3) is 0 Å². The largest absolute Gasteiger partial charge is 0.480 e. The highest BCUT2D eigenvalue weighted by Gasteiger charge is 2.30. The lowest BCUT2D eigenvalue weighted by molar-refractivity contribution is -0.144. The molecule has 0 amide bonds. The van der Waals surface area contributed by atoms with Crippen LogP contribution in [0.15, 0.2) is 0 Å². The Bertz CT molecular complexity index is 194. The summed E-state index contributed by atoms with van der Waals surface area (Å²) in [6.07, 6.45) is 7.65. The fraction of sp³-hybridized carbons (Fsp3) is 0.923. The highest BCUT2D eigenvalue weighted by molar-refractivity contribution is 5.78. The lowest BCUT2D eigenvalue weighted by atomic mass is 9.96. The number of rotatable bonds is 10. The Labute approximate surface area is 99.6 Å². The molecule has 0 spiro atoms. The molecule has 0 aliphatic carbocycles. The van der Waals surface area contributed by atoms with Crippen molar-refractivity contribution in [3.05, 3.63) is 0 Å². The molecule has 0 aromatic carbocycles. The molecule has 0 aliphatic rings. The number of hydrogen-bond donors (Lipinski definition) is 2. The van der Waals surface area contributed by atoms with Gasteiger partial charge in [0, 0.05) is 0 Å². The zero-order chi connectivity index (χ0) is 12.4. The average Bonchev–Trinajstić information content (AvgIpc) is 2.23. The Balaban J connectivity index is 3.73. The van der Waals surface area contributed by atoms with Crippen molar-refractivity contribution in [2.75, 3.05) is 6.54 Å². The molecular weight excluding hydrogens is 202 g/mol. The van der Waals surface area contributed by atoms with Crippen LogP contribution in [-0.2, 0) is 4.79 Å². The van der Waals surface area contributed by atoms with Gasteiger partial charge in [-0.15, -0.1) is 0 Å². The predicted octanol–water partition coefficient (Wildman–Crippen LogP) is 3.19. The molecule has 1 unspecified atom stereocenters. The number of unbranched alkanes of at least 4 members (excludes halogenated alkanes) is 4. The lowest BCUT2D eigenvalue weighted by Gasteiger charge is -2.25. The van der Waals surface area contributed by atoms with Crippen molar-refractivity contribution in [3.63, 3.8) is 0 Å². The summed E-state index contributed by atoms with van der Waals surface area (Å²) >= 11 is 0. The summed E-state index contributed by atoms with van der Waals surface area (Å²) in [6, 6.07) is 0. The van der Waals surface area contributed by atoms with Crippen molar-refractivity contribution in [1.29, 1.82) is 0 Å². The number of carbonyl (C=O) groups is 1. The van der Waals surface area contributed by atoms with E-state index >= 15 is 0 Å². The van der Waals surface area contributed by atoms with Gasteiger partial charge in [-0.1, -0.05) is 46.0 Å². The molecule has 0 aromatic rings. The minimum Gasteiger partial charge on any atom is -0.480 e. The Morgan fingerprint density at radius 1 is 1.12 bits per heavy atom. The molecule has 16 heavy (non-hydrogen) atoms. The molecule has 2 N–H and O–H groups in total. The van der Waals surface area contributed by atoms with Crippen LogP contribution in [-0.4, -0.2) is 23.2 Å². The van der Waals surface area contributed by atoms with Crippen molar-refractivity contribution >= 4 is 5.97 Å². The third-order valence-corrected chi connectivity index (χ3v) is 3.02. The maximum atomic E-state index is 11.1. The van der Waals surface area contributed by atoms with E-state index in [2.05, 4.69) is 12.2 Å². The third-order valence-electron chi connectivity index (χ3n) is 3.02. The highest BCUT2D eigenvalue weighted by atomic mass is 16.4. The first-order valence-corrected chi connectivity index (χ1v) is 6.55. The van der Waals surface area contributed by atoms with Crippen molar-refractivity contribution in [3.8, 4) is 0 Å². The molecule has 3 nitrogen and oxygen atoms in total. The monoisotopic (exact) mass is 229 g/mol. The predicted molar refractivity (Wildman–Crippen MR) is 67.7 cm³/mol. The summed E-state index contributed by atoms with van der Waals surface area (Å²) in [7, 11) is 0. The van der Waals surface area contributed by atoms with Gasteiger partial charge in [-0.05, 0) is 26.3 Å². The molecule has 0 saturated heterocycles. The second kappa shape index (κ2) is 8.57. The van der Waals surface area contributed by atoms with Crippen LogP contribution in [0, 0.1) is 0 Å². The zero-order valence-corrected chi connectivity index (χ0v) is 11.0. The quantitative estimate of drug-likeness (QED) is 0.566. The van der Waals surface area contributed by atoms with Gasteiger partial charge in [0.05, 0.1) is 0 Å². The first-order valence-electron chi connectivity index (χ1n) is 6.55. The van der Waals surface area contributed by atoms with Crippen LogP contribution in [0.1, 0.15) is 65.7 Å². The molecule has 0 fully saturated rings. The van der Waals surface area contributed by atoms with Crippen LogP contribution in [0.2, 0.25) is 0 Å². The normalized spacial score (nSPS) is 14.7. The number of carboxylic acids is 1. The Hall–Kier alpha value is -0.570. The van der Waals surface area contributed by atoms with E-state index in [9.17, 15) is 4.79 Å². The van der Waals surface area contributed by atoms with E-state index in [-0.39, 0.29) is 0 Å². The van der Waals surface area contributed by atoms with Gasteiger partial charge < -0.3 is 10.4 Å². The number of aliphatic carboxylic acids is 1. The lowest BCUT2D eigenvalue weighted by Crippen LogP contribution is -2.49. The first kappa shape index (κ1) is 15.4. The summed E-state index contributed by atoms with van der Waals surface area (Å²) in [5.74, 6) is -0.733. The summed E-state index contributed by atoms with van der Waals surface area (Å²) in [6.45, 7) is 6.81. The van der Waals surface area contributed by atoms with Crippen LogP contribution in [0.25, 0.3) is 0 Å². The van der Waals surface area contributed by atoms with Crippen molar-refractivity contribution in [2.24, 2.45) is 0 Å². The van der Waals surface area contributed by atoms with Crippen molar-refractivity contribution in [1.82, 2.24) is 5.32 Å². The standard InChI is InChI=1S/C13H27NO2/c1-4-6-7-8-9-11-14-13(3,10-5-2)12(15)16/h14H,4-11H2,1-3H3,(H,15,16). The van der Waals surface area contributed by atoms with Gasteiger partial charge in [0.15, 0.2) is 0 Å². The Morgan fingerprint density at radius 3 is 2.25 bits per heavy atom. The smallest absolute Gasteiger partial charge is 0.323 e. The van der Waals surface area contributed by atoms with E-state index in [1.165, 1.54) is 25.7 Å². The minimum atomic E-state index is -0.737. The molecule has 0 saturated carbocycles. The molecule has 96 valence electrons. The average molecular weight is 229 g/mol. The SMILES string of the molecule is CCCCCCCNC(C)(CCC)C(=O)O. The molecule has 0 aromatic heterocycles. The molecule has 1 atom stereocenters. The number of carboxylic acid groups (broad SMARTS) is 1. The fourth-order valence-electron chi connectivity index (χ4n) is 1.86. The van der Waals surface area contributed by atoms with E-state index in [1.807, 2.05) is 6.92 Å². The van der Waals surface area contributed by atoms with Crippen LogP contribution < -0.4 is 5.32 Å². The van der Waals surface area contributed by atoms with Crippen LogP contribution in [0.5, 0.6) is 0 Å². The van der Waals surface area contributed by atoms with Crippen molar-refractivity contribution < 1.29 is 9.90 Å². The van der Waals surface area contributed by atoms with Gasteiger partial charge in [-0.3, -0.25) is 4.79 Å². The van der Waals surface area contributed by atoms with Gasteiger partial charge >= 0.3 is 5.97 Å². The van der Waals surface area contributed by atoms with Gasteiger partial charge in [-0.25, -0.2) is 0 Å².